The molecular formula is C14H14N2O. The number of rotatable bonds is 2. The lowest BCUT2D eigenvalue weighted by Crippen LogP contribution is -2.01. The maximum atomic E-state index is 9.17. The average molecular weight is 226 g/mol. The lowest BCUT2D eigenvalue weighted by Gasteiger charge is -2.04. The molecule has 1 aromatic heterocycles. The monoisotopic (exact) mass is 226 g/mol. The third kappa shape index (κ3) is 1.47. The Kier molecular flexibility index (Phi) is 2.27. The van der Waals surface area contributed by atoms with E-state index in [0.29, 0.717) is 6.54 Å². The van der Waals surface area contributed by atoms with Crippen LogP contribution in [-0.2, 0) is 6.54 Å². The molecule has 3 rings (SSSR count). The van der Waals surface area contributed by atoms with Crippen LogP contribution in [0.15, 0.2) is 42.5 Å². The van der Waals surface area contributed by atoms with Gasteiger partial charge in [0.25, 0.3) is 0 Å². The maximum absolute atomic E-state index is 9.17. The first-order valence-corrected chi connectivity index (χ1v) is 5.68. The minimum absolute atomic E-state index is 0.128. The molecule has 0 saturated carbocycles. The average Bonchev–Trinajstić information content (AvgIpc) is 2.65. The molecule has 0 atom stereocenters. The number of anilines is 1. The van der Waals surface area contributed by atoms with Gasteiger partial charge in [-0.1, -0.05) is 24.3 Å². The summed E-state index contributed by atoms with van der Waals surface area (Å²) in [6.45, 7) is 0.718. The number of aliphatic hydroxyl groups excluding tert-OH is 1. The summed E-state index contributed by atoms with van der Waals surface area (Å²) >= 11 is 0. The van der Waals surface area contributed by atoms with E-state index in [-0.39, 0.29) is 6.61 Å². The Hall–Kier alpha value is -2.00. The lowest BCUT2D eigenvalue weighted by molar-refractivity contribution is 0.280. The number of nitrogen functional groups attached to an aromatic ring is 1. The van der Waals surface area contributed by atoms with Crippen LogP contribution in [0.5, 0.6) is 0 Å². The summed E-state index contributed by atoms with van der Waals surface area (Å²) in [6, 6.07) is 14.1. The molecule has 3 N–H and O–H groups in total. The number of hydrogen-bond acceptors (Lipinski definition) is 2. The van der Waals surface area contributed by atoms with Crippen molar-refractivity contribution >= 4 is 27.5 Å². The van der Waals surface area contributed by atoms with Crippen molar-refractivity contribution in [3.8, 4) is 0 Å². The first-order valence-electron chi connectivity index (χ1n) is 5.68. The Morgan fingerprint density at radius 2 is 1.76 bits per heavy atom. The van der Waals surface area contributed by atoms with Crippen LogP contribution in [0, 0.1) is 0 Å². The zero-order valence-electron chi connectivity index (χ0n) is 9.43. The highest BCUT2D eigenvalue weighted by Crippen LogP contribution is 2.29. The van der Waals surface area contributed by atoms with Crippen molar-refractivity contribution in [2.45, 2.75) is 6.54 Å². The van der Waals surface area contributed by atoms with Gasteiger partial charge in [-0.15, -0.1) is 0 Å². The Labute approximate surface area is 99.1 Å². The van der Waals surface area contributed by atoms with Gasteiger partial charge < -0.3 is 15.4 Å². The van der Waals surface area contributed by atoms with Gasteiger partial charge in [-0.05, 0) is 18.2 Å². The number of nitrogens with two attached hydrogens (primary N) is 1. The minimum Gasteiger partial charge on any atom is -0.399 e. The van der Waals surface area contributed by atoms with Crippen LogP contribution in [0.25, 0.3) is 21.8 Å². The van der Waals surface area contributed by atoms with Crippen molar-refractivity contribution in [3.63, 3.8) is 0 Å². The van der Waals surface area contributed by atoms with Crippen molar-refractivity contribution in [1.82, 2.24) is 4.57 Å². The number of fused-ring (bicyclic) bond motifs is 3. The number of benzene rings is 2. The first kappa shape index (κ1) is 10.2. The second kappa shape index (κ2) is 3.79. The van der Waals surface area contributed by atoms with Crippen LogP contribution in [0.2, 0.25) is 0 Å². The van der Waals surface area contributed by atoms with Crippen LogP contribution in [-0.4, -0.2) is 16.3 Å². The van der Waals surface area contributed by atoms with Gasteiger partial charge in [-0.3, -0.25) is 0 Å². The van der Waals surface area contributed by atoms with Gasteiger partial charge in [0.15, 0.2) is 0 Å². The molecule has 17 heavy (non-hydrogen) atoms. The van der Waals surface area contributed by atoms with Crippen LogP contribution in [0.3, 0.4) is 0 Å². The molecule has 1 heterocycles. The standard InChI is InChI=1S/C14H14N2O/c15-10-5-6-12-11-3-1-2-4-13(11)16(7-8-17)14(12)9-10/h1-6,9,17H,7-8,15H2. The molecule has 0 amide bonds. The third-order valence-corrected chi connectivity index (χ3v) is 3.12. The van der Waals surface area contributed by atoms with E-state index in [0.717, 1.165) is 16.7 Å². The van der Waals surface area contributed by atoms with Gasteiger partial charge in [0, 0.05) is 28.5 Å². The van der Waals surface area contributed by atoms with Crippen molar-refractivity contribution in [3.05, 3.63) is 42.5 Å². The fourth-order valence-electron chi connectivity index (χ4n) is 2.41. The second-order valence-electron chi connectivity index (χ2n) is 4.17. The highest BCUT2D eigenvalue weighted by Gasteiger charge is 2.09. The first-order chi connectivity index (χ1) is 8.31. The Morgan fingerprint density at radius 1 is 1.00 bits per heavy atom. The maximum Gasteiger partial charge on any atom is 0.0610 e. The largest absolute Gasteiger partial charge is 0.399 e. The molecule has 2 aromatic carbocycles. The predicted octanol–water partition coefficient (Wildman–Crippen LogP) is 2.37. The molecule has 0 fully saturated rings. The van der Waals surface area contributed by atoms with Gasteiger partial charge in [0.2, 0.25) is 0 Å². The van der Waals surface area contributed by atoms with Gasteiger partial charge in [-0.2, -0.15) is 0 Å². The summed E-state index contributed by atoms with van der Waals surface area (Å²) in [5, 5.41) is 11.6. The molecule has 0 unspecified atom stereocenters. The molecule has 3 heteroatoms. The van der Waals surface area contributed by atoms with Gasteiger partial charge >= 0.3 is 0 Å². The highest BCUT2D eigenvalue weighted by molar-refractivity contribution is 6.08. The van der Waals surface area contributed by atoms with E-state index in [1.165, 1.54) is 10.8 Å². The summed E-state index contributed by atoms with van der Waals surface area (Å²) in [5.41, 5.74) is 8.81. The van der Waals surface area contributed by atoms with E-state index in [9.17, 15) is 5.11 Å². The topological polar surface area (TPSA) is 51.2 Å². The zero-order chi connectivity index (χ0) is 11.8. The van der Waals surface area contributed by atoms with Gasteiger partial charge in [0.05, 0.1) is 12.1 Å². The second-order valence-corrected chi connectivity index (χ2v) is 4.17. The number of para-hydroxylation sites is 1. The Bertz CT molecular complexity index is 685. The summed E-state index contributed by atoms with van der Waals surface area (Å²) in [4.78, 5) is 0. The van der Waals surface area contributed by atoms with E-state index in [2.05, 4.69) is 16.7 Å². The van der Waals surface area contributed by atoms with Crippen LogP contribution in [0.1, 0.15) is 0 Å². The molecule has 3 aromatic rings. The zero-order valence-corrected chi connectivity index (χ0v) is 9.43. The molecular weight excluding hydrogens is 212 g/mol. The fourth-order valence-corrected chi connectivity index (χ4v) is 2.41. The molecule has 0 spiro atoms. The SMILES string of the molecule is Nc1ccc2c3ccccc3n(CCO)c2c1. The molecule has 0 radical (unpaired) electrons. The smallest absolute Gasteiger partial charge is 0.0610 e. The normalized spacial score (nSPS) is 11.4. The molecule has 0 aliphatic heterocycles. The molecule has 0 bridgehead atoms. The summed E-state index contributed by atoms with van der Waals surface area (Å²) < 4.78 is 2.11. The van der Waals surface area contributed by atoms with Crippen molar-refractivity contribution in [1.29, 1.82) is 0 Å². The number of hydrogen-bond donors (Lipinski definition) is 2. The van der Waals surface area contributed by atoms with E-state index in [4.69, 9.17) is 5.73 Å². The van der Waals surface area contributed by atoms with E-state index in [1.807, 2.05) is 30.3 Å². The van der Waals surface area contributed by atoms with E-state index >= 15 is 0 Å². The van der Waals surface area contributed by atoms with Crippen LogP contribution < -0.4 is 5.73 Å². The summed E-state index contributed by atoms with van der Waals surface area (Å²) in [7, 11) is 0. The highest BCUT2D eigenvalue weighted by atomic mass is 16.3. The minimum atomic E-state index is 0.128. The molecule has 0 aliphatic rings. The third-order valence-electron chi connectivity index (χ3n) is 3.12. The van der Waals surface area contributed by atoms with Crippen LogP contribution >= 0.6 is 0 Å². The quantitative estimate of drug-likeness (QED) is 0.659. The van der Waals surface area contributed by atoms with Gasteiger partial charge in [-0.25, -0.2) is 0 Å². The predicted molar refractivity (Wildman–Crippen MR) is 70.9 cm³/mol. The number of aliphatic hydroxyl groups is 1. The molecule has 3 nitrogen and oxygen atoms in total. The summed E-state index contributed by atoms with van der Waals surface area (Å²) in [6.07, 6.45) is 0. The van der Waals surface area contributed by atoms with E-state index < -0.39 is 0 Å². The van der Waals surface area contributed by atoms with Gasteiger partial charge in [0.1, 0.15) is 0 Å². The van der Waals surface area contributed by atoms with Crippen molar-refractivity contribution < 1.29 is 5.11 Å². The Morgan fingerprint density at radius 3 is 2.59 bits per heavy atom. The molecule has 0 saturated heterocycles. The molecule has 0 aliphatic carbocycles. The summed E-state index contributed by atoms with van der Waals surface area (Å²) in [5.74, 6) is 0. The lowest BCUT2D eigenvalue weighted by atomic mass is 10.1. The molecule has 86 valence electrons. The number of nitrogens with zero attached hydrogens (tertiary/aromatic N) is 1. The fraction of sp³-hybridized carbons (Fsp3) is 0.143. The van der Waals surface area contributed by atoms with Crippen LogP contribution in [0.4, 0.5) is 5.69 Å². The Balaban J connectivity index is 2.48. The van der Waals surface area contributed by atoms with Crippen molar-refractivity contribution in [2.24, 2.45) is 0 Å². The van der Waals surface area contributed by atoms with Crippen molar-refractivity contribution in [2.75, 3.05) is 12.3 Å². The van der Waals surface area contributed by atoms with E-state index in [1.54, 1.807) is 0 Å². The number of aromatic nitrogens is 1.